The van der Waals surface area contributed by atoms with E-state index in [4.69, 9.17) is 4.74 Å². The smallest absolute Gasteiger partial charge is 0.354 e. The Balaban J connectivity index is 2.31. The van der Waals surface area contributed by atoms with E-state index < -0.39 is 18.0 Å². The number of methoxy groups -OCH3 is 1. The average Bonchev–Trinajstić information content (AvgIpc) is 2.92. The molecule has 1 unspecified atom stereocenters. The van der Waals surface area contributed by atoms with E-state index in [1.54, 1.807) is 19.1 Å². The second kappa shape index (κ2) is 6.71. The Morgan fingerprint density at radius 1 is 1.38 bits per heavy atom. The monoisotopic (exact) mass is 354 g/mol. The van der Waals surface area contributed by atoms with Gasteiger partial charge in [0.05, 0.1) is 19.4 Å². The number of benzene rings is 1. The molecule has 1 heterocycles. The molecule has 0 amide bonds. The highest BCUT2D eigenvalue weighted by Crippen LogP contribution is 2.27. The van der Waals surface area contributed by atoms with E-state index in [-0.39, 0.29) is 18.7 Å². The summed E-state index contributed by atoms with van der Waals surface area (Å²) >= 11 is 3.35. The number of hydrogen-bond acceptors (Lipinski definition) is 6. The number of hydrazone groups is 1. The maximum absolute atomic E-state index is 12.1. The van der Waals surface area contributed by atoms with Gasteiger partial charge in [0, 0.05) is 10.9 Å². The van der Waals surface area contributed by atoms with Crippen LogP contribution in [0.1, 0.15) is 13.3 Å². The minimum atomic E-state index is -0.653. The SMILES string of the molecule is CCOC(=O)C1CC(C(=O)OC)=NN1c1ccc(Br)cc1. The van der Waals surface area contributed by atoms with Crippen molar-refractivity contribution >= 4 is 39.3 Å². The van der Waals surface area contributed by atoms with Crippen molar-refractivity contribution in [2.75, 3.05) is 18.7 Å². The normalized spacial score (nSPS) is 17.4. The van der Waals surface area contributed by atoms with Crippen molar-refractivity contribution in [3.8, 4) is 0 Å². The third-order valence-corrected chi connectivity index (χ3v) is 3.51. The maximum atomic E-state index is 12.1. The van der Waals surface area contributed by atoms with Crippen LogP contribution in [0, 0.1) is 0 Å². The van der Waals surface area contributed by atoms with Gasteiger partial charge < -0.3 is 9.47 Å². The maximum Gasteiger partial charge on any atom is 0.354 e. The number of esters is 2. The fourth-order valence-electron chi connectivity index (χ4n) is 2.01. The molecule has 112 valence electrons. The van der Waals surface area contributed by atoms with Crippen LogP contribution in [0.15, 0.2) is 33.8 Å². The van der Waals surface area contributed by atoms with Gasteiger partial charge >= 0.3 is 11.9 Å². The minimum absolute atomic E-state index is 0.168. The summed E-state index contributed by atoms with van der Waals surface area (Å²) in [6.45, 7) is 2.01. The lowest BCUT2D eigenvalue weighted by Gasteiger charge is -2.21. The molecule has 0 radical (unpaired) electrons. The number of hydrogen-bond donors (Lipinski definition) is 0. The lowest BCUT2D eigenvalue weighted by molar-refractivity contribution is -0.144. The molecule has 0 spiro atoms. The van der Waals surface area contributed by atoms with Crippen LogP contribution in [0.25, 0.3) is 0 Å². The van der Waals surface area contributed by atoms with E-state index in [1.807, 2.05) is 12.1 Å². The van der Waals surface area contributed by atoms with Gasteiger partial charge in [0.2, 0.25) is 0 Å². The Kier molecular flexibility index (Phi) is 4.95. The lowest BCUT2D eigenvalue weighted by Crippen LogP contribution is -2.36. The first kappa shape index (κ1) is 15.5. The molecule has 0 saturated carbocycles. The molecule has 0 saturated heterocycles. The average molecular weight is 355 g/mol. The zero-order chi connectivity index (χ0) is 15.4. The number of carbonyl (C=O) groups is 2. The van der Waals surface area contributed by atoms with Crippen molar-refractivity contribution in [3.63, 3.8) is 0 Å². The van der Waals surface area contributed by atoms with Crippen molar-refractivity contribution in [1.29, 1.82) is 0 Å². The van der Waals surface area contributed by atoms with Crippen molar-refractivity contribution in [2.24, 2.45) is 5.10 Å². The molecule has 1 aromatic rings. The summed E-state index contributed by atoms with van der Waals surface area (Å²) in [5, 5.41) is 5.70. The largest absolute Gasteiger partial charge is 0.464 e. The van der Waals surface area contributed by atoms with Gasteiger partial charge in [0.1, 0.15) is 5.71 Å². The zero-order valence-corrected chi connectivity index (χ0v) is 13.3. The van der Waals surface area contributed by atoms with E-state index >= 15 is 0 Å². The van der Waals surface area contributed by atoms with Crippen molar-refractivity contribution in [3.05, 3.63) is 28.7 Å². The zero-order valence-electron chi connectivity index (χ0n) is 11.7. The first-order valence-corrected chi connectivity index (χ1v) is 7.23. The summed E-state index contributed by atoms with van der Waals surface area (Å²) in [4.78, 5) is 23.7. The van der Waals surface area contributed by atoms with Gasteiger partial charge in [-0.2, -0.15) is 5.10 Å². The Morgan fingerprint density at radius 3 is 2.62 bits per heavy atom. The van der Waals surface area contributed by atoms with Crippen LogP contribution >= 0.6 is 15.9 Å². The van der Waals surface area contributed by atoms with Crippen LogP contribution in [0.2, 0.25) is 0 Å². The Morgan fingerprint density at radius 2 is 2.05 bits per heavy atom. The van der Waals surface area contributed by atoms with E-state index in [1.165, 1.54) is 12.1 Å². The highest BCUT2D eigenvalue weighted by Gasteiger charge is 2.37. The van der Waals surface area contributed by atoms with Crippen molar-refractivity contribution in [2.45, 2.75) is 19.4 Å². The van der Waals surface area contributed by atoms with Crippen LogP contribution in [-0.4, -0.2) is 37.4 Å². The molecule has 0 bridgehead atoms. The van der Waals surface area contributed by atoms with E-state index in [0.29, 0.717) is 5.69 Å². The third-order valence-electron chi connectivity index (χ3n) is 2.98. The van der Waals surface area contributed by atoms with Crippen LogP contribution in [-0.2, 0) is 19.1 Å². The quantitative estimate of drug-likeness (QED) is 0.774. The number of ether oxygens (including phenoxy) is 2. The summed E-state index contributed by atoms with van der Waals surface area (Å²) < 4.78 is 10.6. The Labute approximate surface area is 130 Å². The molecule has 1 aliphatic rings. The number of carbonyl (C=O) groups excluding carboxylic acids is 2. The van der Waals surface area contributed by atoms with Crippen LogP contribution < -0.4 is 5.01 Å². The summed E-state index contributed by atoms with van der Waals surface area (Å²) in [6.07, 6.45) is 0.168. The second-order valence-corrected chi connectivity index (χ2v) is 5.25. The van der Waals surface area contributed by atoms with Crippen molar-refractivity contribution < 1.29 is 19.1 Å². The first-order chi connectivity index (χ1) is 10.1. The molecule has 1 aliphatic heterocycles. The second-order valence-electron chi connectivity index (χ2n) is 4.33. The fourth-order valence-corrected chi connectivity index (χ4v) is 2.27. The summed E-state index contributed by atoms with van der Waals surface area (Å²) in [5.74, 6) is -0.952. The van der Waals surface area contributed by atoms with E-state index in [2.05, 4.69) is 25.8 Å². The van der Waals surface area contributed by atoms with Gasteiger partial charge in [0.25, 0.3) is 0 Å². The Hall–Kier alpha value is -1.89. The third kappa shape index (κ3) is 3.41. The molecule has 21 heavy (non-hydrogen) atoms. The van der Waals surface area contributed by atoms with Gasteiger partial charge in [-0.25, -0.2) is 9.59 Å². The lowest BCUT2D eigenvalue weighted by atomic mass is 10.1. The summed E-state index contributed by atoms with van der Waals surface area (Å²) in [5.41, 5.74) is 0.911. The molecule has 1 aromatic carbocycles. The molecule has 2 rings (SSSR count). The minimum Gasteiger partial charge on any atom is -0.464 e. The number of rotatable bonds is 4. The highest BCUT2D eigenvalue weighted by atomic mass is 79.9. The molecule has 0 aromatic heterocycles. The van der Waals surface area contributed by atoms with Gasteiger partial charge in [0.15, 0.2) is 6.04 Å². The predicted molar refractivity (Wildman–Crippen MR) is 81.1 cm³/mol. The van der Waals surface area contributed by atoms with Gasteiger partial charge in [-0.05, 0) is 31.2 Å². The molecule has 1 atom stereocenters. The molecular formula is C14H15BrN2O4. The molecular weight excluding hydrogens is 340 g/mol. The molecule has 7 heteroatoms. The summed E-state index contributed by atoms with van der Waals surface area (Å²) in [6, 6.07) is 6.63. The first-order valence-electron chi connectivity index (χ1n) is 6.44. The number of nitrogens with zero attached hydrogens (tertiary/aromatic N) is 2. The molecule has 6 nitrogen and oxygen atoms in total. The Bertz CT molecular complexity index is 571. The van der Waals surface area contributed by atoms with Gasteiger partial charge in [-0.1, -0.05) is 15.9 Å². The van der Waals surface area contributed by atoms with Crippen LogP contribution in [0.5, 0.6) is 0 Å². The molecule has 0 N–H and O–H groups in total. The van der Waals surface area contributed by atoms with Crippen molar-refractivity contribution in [1.82, 2.24) is 0 Å². The topological polar surface area (TPSA) is 68.2 Å². The van der Waals surface area contributed by atoms with Gasteiger partial charge in [-0.3, -0.25) is 5.01 Å². The fraction of sp³-hybridized carbons (Fsp3) is 0.357. The highest BCUT2D eigenvalue weighted by molar-refractivity contribution is 9.10. The van der Waals surface area contributed by atoms with E-state index in [9.17, 15) is 9.59 Å². The number of anilines is 1. The predicted octanol–water partition coefficient (Wildman–Crippen LogP) is 2.12. The number of halogens is 1. The van der Waals surface area contributed by atoms with Crippen LogP contribution in [0.4, 0.5) is 5.69 Å². The van der Waals surface area contributed by atoms with Crippen LogP contribution in [0.3, 0.4) is 0 Å². The standard InChI is InChI=1S/C14H15BrN2O4/c1-3-21-14(19)12-8-11(13(18)20-2)16-17(12)10-6-4-9(15)5-7-10/h4-7,12H,3,8H2,1-2H3. The molecule has 0 aliphatic carbocycles. The van der Waals surface area contributed by atoms with E-state index in [0.717, 1.165) is 4.47 Å². The van der Waals surface area contributed by atoms with Gasteiger partial charge in [-0.15, -0.1) is 0 Å². The molecule has 0 fully saturated rings. The summed E-state index contributed by atoms with van der Waals surface area (Å²) in [7, 11) is 1.28.